The largest absolute Gasteiger partial charge is 0.329 e. The minimum Gasteiger partial charge on any atom is -0.329 e. The summed E-state index contributed by atoms with van der Waals surface area (Å²) in [6, 6.07) is 3.90. The standard InChI is InChI=1S/C7H10N2S2/c8-5-7(10)11-6-1-3-9-4-2-6/h1-4,7,10H,5,8H2/t7-/m0/s1. The Labute approximate surface area is 76.0 Å². The lowest BCUT2D eigenvalue weighted by atomic mass is 10.5. The predicted octanol–water partition coefficient (Wildman–Crippen LogP) is 1.39. The number of hydrogen-bond acceptors (Lipinski definition) is 4. The zero-order valence-electron chi connectivity index (χ0n) is 5.97. The van der Waals surface area contributed by atoms with Gasteiger partial charge in [-0.05, 0) is 12.1 Å². The van der Waals surface area contributed by atoms with Crippen molar-refractivity contribution < 1.29 is 0 Å². The average Bonchev–Trinajstić information content (AvgIpc) is 2.06. The lowest BCUT2D eigenvalue weighted by molar-refractivity contribution is 1.11. The summed E-state index contributed by atoms with van der Waals surface area (Å²) in [5, 5.41) is 0. The summed E-state index contributed by atoms with van der Waals surface area (Å²) < 4.78 is 0.178. The molecule has 2 N–H and O–H groups in total. The van der Waals surface area contributed by atoms with Crippen LogP contribution in [0, 0.1) is 0 Å². The molecule has 0 unspecified atom stereocenters. The first kappa shape index (κ1) is 8.90. The molecule has 1 aromatic rings. The number of hydrogen-bond donors (Lipinski definition) is 2. The van der Waals surface area contributed by atoms with Gasteiger partial charge in [0.1, 0.15) is 0 Å². The van der Waals surface area contributed by atoms with Gasteiger partial charge in [-0.3, -0.25) is 4.98 Å². The van der Waals surface area contributed by atoms with E-state index in [1.807, 2.05) is 12.1 Å². The Morgan fingerprint density at radius 2 is 2.18 bits per heavy atom. The van der Waals surface area contributed by atoms with Crippen molar-refractivity contribution in [2.75, 3.05) is 6.54 Å². The van der Waals surface area contributed by atoms with Gasteiger partial charge in [0.15, 0.2) is 0 Å². The van der Waals surface area contributed by atoms with Crippen LogP contribution in [0.1, 0.15) is 0 Å². The van der Waals surface area contributed by atoms with Crippen molar-refractivity contribution in [3.05, 3.63) is 24.5 Å². The lowest BCUT2D eigenvalue weighted by Crippen LogP contribution is -2.09. The summed E-state index contributed by atoms with van der Waals surface area (Å²) >= 11 is 5.90. The Morgan fingerprint density at radius 3 is 2.73 bits per heavy atom. The molecule has 0 radical (unpaired) electrons. The molecule has 1 heterocycles. The maximum Gasteiger partial charge on any atom is 0.0641 e. The maximum atomic E-state index is 5.41. The molecule has 1 aromatic heterocycles. The Balaban J connectivity index is 2.51. The van der Waals surface area contributed by atoms with E-state index in [9.17, 15) is 0 Å². The van der Waals surface area contributed by atoms with Crippen LogP contribution in [0.15, 0.2) is 29.4 Å². The van der Waals surface area contributed by atoms with Crippen molar-refractivity contribution in [2.24, 2.45) is 5.73 Å². The van der Waals surface area contributed by atoms with Gasteiger partial charge < -0.3 is 5.73 Å². The highest BCUT2D eigenvalue weighted by Crippen LogP contribution is 2.23. The van der Waals surface area contributed by atoms with Crippen molar-refractivity contribution in [1.82, 2.24) is 4.98 Å². The van der Waals surface area contributed by atoms with Gasteiger partial charge in [0.2, 0.25) is 0 Å². The van der Waals surface area contributed by atoms with Crippen molar-refractivity contribution in [3.8, 4) is 0 Å². The molecule has 60 valence electrons. The molecule has 4 heteroatoms. The summed E-state index contributed by atoms with van der Waals surface area (Å²) in [6.45, 7) is 0.579. The van der Waals surface area contributed by atoms with Crippen molar-refractivity contribution in [3.63, 3.8) is 0 Å². The van der Waals surface area contributed by atoms with Crippen molar-refractivity contribution in [2.45, 2.75) is 9.48 Å². The van der Waals surface area contributed by atoms with Gasteiger partial charge in [-0.2, -0.15) is 12.6 Å². The summed E-state index contributed by atoms with van der Waals surface area (Å²) in [5.74, 6) is 0. The quantitative estimate of drug-likeness (QED) is 0.425. The van der Waals surface area contributed by atoms with Crippen LogP contribution in [0.5, 0.6) is 0 Å². The average molecular weight is 186 g/mol. The predicted molar refractivity (Wildman–Crippen MR) is 51.9 cm³/mol. The number of aromatic nitrogens is 1. The molecule has 0 aliphatic carbocycles. The molecule has 2 nitrogen and oxygen atoms in total. The first-order valence-electron chi connectivity index (χ1n) is 3.27. The number of thiol groups is 1. The molecule has 0 aromatic carbocycles. The molecule has 1 atom stereocenters. The van der Waals surface area contributed by atoms with Crippen LogP contribution in [0.3, 0.4) is 0 Å². The zero-order valence-corrected chi connectivity index (χ0v) is 7.68. The fourth-order valence-electron chi connectivity index (χ4n) is 0.622. The number of rotatable bonds is 3. The maximum absolute atomic E-state index is 5.41. The number of nitrogens with two attached hydrogens (primary N) is 1. The topological polar surface area (TPSA) is 38.9 Å². The number of nitrogens with zero attached hydrogens (tertiary/aromatic N) is 1. The highest BCUT2D eigenvalue weighted by atomic mass is 32.2. The molecule has 0 saturated carbocycles. The van der Waals surface area contributed by atoms with Gasteiger partial charge in [-0.15, -0.1) is 11.8 Å². The first-order valence-corrected chi connectivity index (χ1v) is 4.67. The fourth-order valence-corrected chi connectivity index (χ4v) is 1.68. The molecule has 0 bridgehead atoms. The van der Waals surface area contributed by atoms with E-state index in [1.54, 1.807) is 24.2 Å². The highest BCUT2D eigenvalue weighted by molar-refractivity contribution is 8.10. The van der Waals surface area contributed by atoms with Crippen LogP contribution in [0.25, 0.3) is 0 Å². The first-order chi connectivity index (χ1) is 5.33. The van der Waals surface area contributed by atoms with Gasteiger partial charge in [0, 0.05) is 23.8 Å². The fraction of sp³-hybridized carbons (Fsp3) is 0.286. The molecule has 0 aliphatic heterocycles. The van der Waals surface area contributed by atoms with Crippen LogP contribution >= 0.6 is 24.4 Å². The second kappa shape index (κ2) is 4.64. The second-order valence-corrected chi connectivity index (χ2v) is 4.24. The van der Waals surface area contributed by atoms with Crippen LogP contribution < -0.4 is 5.73 Å². The van der Waals surface area contributed by atoms with Crippen molar-refractivity contribution in [1.29, 1.82) is 0 Å². The smallest absolute Gasteiger partial charge is 0.0641 e. The Morgan fingerprint density at radius 1 is 1.55 bits per heavy atom. The highest BCUT2D eigenvalue weighted by Gasteiger charge is 2.00. The Hall–Kier alpha value is -0.190. The third-order valence-electron chi connectivity index (χ3n) is 1.12. The monoisotopic (exact) mass is 186 g/mol. The van der Waals surface area contributed by atoms with E-state index in [0.717, 1.165) is 4.90 Å². The third kappa shape index (κ3) is 3.14. The van der Waals surface area contributed by atoms with Crippen LogP contribution in [-0.2, 0) is 0 Å². The van der Waals surface area contributed by atoms with Gasteiger partial charge in [0.25, 0.3) is 0 Å². The van der Waals surface area contributed by atoms with E-state index in [0.29, 0.717) is 6.54 Å². The van der Waals surface area contributed by atoms with E-state index in [-0.39, 0.29) is 4.58 Å². The molecule has 0 aliphatic rings. The summed E-state index contributed by atoms with van der Waals surface area (Å²) in [5.41, 5.74) is 5.41. The number of pyridine rings is 1. The van der Waals surface area contributed by atoms with Crippen LogP contribution in [0.2, 0.25) is 0 Å². The van der Waals surface area contributed by atoms with E-state index in [1.165, 1.54) is 0 Å². The Kier molecular flexibility index (Phi) is 3.76. The summed E-state index contributed by atoms with van der Waals surface area (Å²) in [7, 11) is 0. The summed E-state index contributed by atoms with van der Waals surface area (Å²) in [6.07, 6.45) is 3.53. The van der Waals surface area contributed by atoms with Gasteiger partial charge >= 0.3 is 0 Å². The van der Waals surface area contributed by atoms with E-state index < -0.39 is 0 Å². The molecule has 11 heavy (non-hydrogen) atoms. The minimum atomic E-state index is 0.178. The van der Waals surface area contributed by atoms with Crippen LogP contribution in [-0.4, -0.2) is 16.1 Å². The lowest BCUT2D eigenvalue weighted by Gasteiger charge is -2.05. The second-order valence-electron chi connectivity index (χ2n) is 1.99. The molecule has 0 amide bonds. The molecule has 0 spiro atoms. The van der Waals surface area contributed by atoms with Crippen LogP contribution in [0.4, 0.5) is 0 Å². The van der Waals surface area contributed by atoms with Crippen molar-refractivity contribution >= 4 is 24.4 Å². The normalized spacial score (nSPS) is 12.9. The van der Waals surface area contributed by atoms with Gasteiger partial charge in [-0.25, -0.2) is 0 Å². The summed E-state index contributed by atoms with van der Waals surface area (Å²) in [4.78, 5) is 5.07. The zero-order chi connectivity index (χ0) is 8.10. The minimum absolute atomic E-state index is 0.178. The molecule has 0 saturated heterocycles. The molecule has 1 rings (SSSR count). The molecular weight excluding hydrogens is 176 g/mol. The molecular formula is C7H10N2S2. The van der Waals surface area contributed by atoms with E-state index >= 15 is 0 Å². The third-order valence-corrected chi connectivity index (χ3v) is 2.66. The van der Waals surface area contributed by atoms with Gasteiger partial charge in [-0.1, -0.05) is 0 Å². The van der Waals surface area contributed by atoms with Gasteiger partial charge in [0.05, 0.1) is 4.58 Å². The SMILES string of the molecule is NC[C@@H](S)Sc1ccncc1. The van der Waals surface area contributed by atoms with E-state index in [4.69, 9.17) is 5.73 Å². The Bertz CT molecular complexity index is 203. The van der Waals surface area contributed by atoms with E-state index in [2.05, 4.69) is 17.6 Å². The number of thioether (sulfide) groups is 1. The molecule has 0 fully saturated rings.